The van der Waals surface area contributed by atoms with E-state index in [1.54, 1.807) is 0 Å². The van der Waals surface area contributed by atoms with Crippen LogP contribution in [0.1, 0.15) is 64.4 Å². The average molecular weight is 370 g/mol. The van der Waals surface area contributed by atoms with E-state index < -0.39 is 5.60 Å². The van der Waals surface area contributed by atoms with Crippen molar-refractivity contribution in [2.45, 2.75) is 65.3 Å². The van der Waals surface area contributed by atoms with E-state index in [0.717, 1.165) is 30.9 Å². The predicted molar refractivity (Wildman–Crippen MR) is 107 cm³/mol. The fourth-order valence-electron chi connectivity index (χ4n) is 3.46. The van der Waals surface area contributed by atoms with Crippen LogP contribution in [0.2, 0.25) is 0 Å². The highest BCUT2D eigenvalue weighted by atomic mass is 16.6. The predicted octanol–water partition coefficient (Wildman–Crippen LogP) is 4.44. The van der Waals surface area contributed by atoms with Gasteiger partial charge in [0.2, 0.25) is 0 Å². The Bertz CT molecular complexity index is 777. The van der Waals surface area contributed by atoms with Crippen LogP contribution in [0.3, 0.4) is 0 Å². The molecule has 1 aliphatic heterocycles. The number of hydrogen-bond acceptors (Lipinski definition) is 4. The number of carbonyl (C=O) groups excluding carboxylic acids is 1. The van der Waals surface area contributed by atoms with Crippen LogP contribution in [0, 0.1) is 0 Å². The van der Waals surface area contributed by atoms with E-state index in [1.807, 2.05) is 37.7 Å². The Hall–Kier alpha value is -2.50. The summed E-state index contributed by atoms with van der Waals surface area (Å²) in [5.41, 5.74) is 2.89. The summed E-state index contributed by atoms with van der Waals surface area (Å²) in [6, 6.07) is 10.5. The van der Waals surface area contributed by atoms with Gasteiger partial charge in [0.25, 0.3) is 0 Å². The van der Waals surface area contributed by atoms with Gasteiger partial charge in [-0.05, 0) is 46.6 Å². The molecule has 1 unspecified atom stereocenters. The third-order valence-electron chi connectivity index (χ3n) is 4.57. The van der Waals surface area contributed by atoms with Crippen molar-refractivity contribution in [1.29, 1.82) is 0 Å². The van der Waals surface area contributed by atoms with Gasteiger partial charge in [0.1, 0.15) is 5.60 Å². The van der Waals surface area contributed by atoms with Gasteiger partial charge >= 0.3 is 6.09 Å². The Morgan fingerprint density at radius 3 is 2.63 bits per heavy atom. The summed E-state index contributed by atoms with van der Waals surface area (Å²) in [5.74, 6) is 0. The molecule has 0 spiro atoms. The van der Waals surface area contributed by atoms with Gasteiger partial charge < -0.3 is 15.0 Å². The average Bonchev–Trinajstić information content (AvgIpc) is 3.02. The summed E-state index contributed by atoms with van der Waals surface area (Å²) < 4.78 is 7.47. The maximum atomic E-state index is 12.3. The SMILES string of the molecule is CC(C)n1ncc2c1C(NC(=O)OC(C)(C)C)CCN2Cc1ccccc1. The first-order valence-corrected chi connectivity index (χ1v) is 9.60. The molecule has 0 fully saturated rings. The second kappa shape index (κ2) is 7.62. The van der Waals surface area contributed by atoms with Crippen molar-refractivity contribution in [3.63, 3.8) is 0 Å². The molecule has 146 valence electrons. The monoisotopic (exact) mass is 370 g/mol. The molecule has 0 aliphatic carbocycles. The Morgan fingerprint density at radius 1 is 1.30 bits per heavy atom. The van der Waals surface area contributed by atoms with E-state index in [-0.39, 0.29) is 18.2 Å². The highest BCUT2D eigenvalue weighted by Gasteiger charge is 2.32. The van der Waals surface area contributed by atoms with Crippen LogP contribution in [-0.4, -0.2) is 28.0 Å². The number of rotatable bonds is 4. The van der Waals surface area contributed by atoms with Crippen molar-refractivity contribution in [2.75, 3.05) is 11.4 Å². The Balaban J connectivity index is 1.85. The molecule has 1 atom stereocenters. The molecule has 0 saturated carbocycles. The lowest BCUT2D eigenvalue weighted by Crippen LogP contribution is -2.41. The topological polar surface area (TPSA) is 59.4 Å². The maximum Gasteiger partial charge on any atom is 0.408 e. The van der Waals surface area contributed by atoms with E-state index in [1.165, 1.54) is 5.56 Å². The highest BCUT2D eigenvalue weighted by molar-refractivity contribution is 5.69. The van der Waals surface area contributed by atoms with Gasteiger partial charge in [-0.1, -0.05) is 30.3 Å². The van der Waals surface area contributed by atoms with Crippen molar-refractivity contribution in [2.24, 2.45) is 0 Å². The number of ether oxygens (including phenoxy) is 1. The number of benzene rings is 1. The number of anilines is 1. The Morgan fingerprint density at radius 2 is 2.00 bits per heavy atom. The molecule has 2 aromatic rings. The van der Waals surface area contributed by atoms with Gasteiger partial charge in [0, 0.05) is 19.1 Å². The molecule has 0 radical (unpaired) electrons. The summed E-state index contributed by atoms with van der Waals surface area (Å²) in [4.78, 5) is 14.7. The number of amides is 1. The van der Waals surface area contributed by atoms with Gasteiger partial charge in [-0.25, -0.2) is 4.79 Å². The molecule has 1 N–H and O–H groups in total. The van der Waals surface area contributed by atoms with Crippen LogP contribution in [0.5, 0.6) is 0 Å². The number of nitrogens with one attached hydrogen (secondary N) is 1. The molecular formula is C21H30N4O2. The summed E-state index contributed by atoms with van der Waals surface area (Å²) >= 11 is 0. The zero-order chi connectivity index (χ0) is 19.6. The number of nitrogens with zero attached hydrogens (tertiary/aromatic N) is 3. The van der Waals surface area contributed by atoms with E-state index in [9.17, 15) is 4.79 Å². The first-order valence-electron chi connectivity index (χ1n) is 9.60. The minimum absolute atomic E-state index is 0.105. The van der Waals surface area contributed by atoms with Crippen LogP contribution < -0.4 is 10.2 Å². The van der Waals surface area contributed by atoms with E-state index in [4.69, 9.17) is 4.74 Å². The highest BCUT2D eigenvalue weighted by Crippen LogP contribution is 2.36. The van der Waals surface area contributed by atoms with E-state index in [2.05, 4.69) is 53.4 Å². The molecule has 2 heterocycles. The lowest BCUT2D eigenvalue weighted by molar-refractivity contribution is 0.0497. The van der Waals surface area contributed by atoms with Crippen LogP contribution in [0.4, 0.5) is 10.5 Å². The van der Waals surface area contributed by atoms with Crippen LogP contribution in [0.15, 0.2) is 36.5 Å². The smallest absolute Gasteiger partial charge is 0.408 e. The first kappa shape index (κ1) is 19.3. The summed E-state index contributed by atoms with van der Waals surface area (Å²) in [6.45, 7) is 11.5. The number of aromatic nitrogens is 2. The second-order valence-electron chi connectivity index (χ2n) is 8.35. The summed E-state index contributed by atoms with van der Waals surface area (Å²) in [6.07, 6.45) is 2.35. The Kier molecular flexibility index (Phi) is 5.44. The largest absolute Gasteiger partial charge is 0.444 e. The van der Waals surface area contributed by atoms with Crippen LogP contribution in [-0.2, 0) is 11.3 Å². The van der Waals surface area contributed by atoms with Crippen LogP contribution >= 0.6 is 0 Å². The maximum absolute atomic E-state index is 12.3. The summed E-state index contributed by atoms with van der Waals surface area (Å²) in [7, 11) is 0. The zero-order valence-corrected chi connectivity index (χ0v) is 16.9. The number of carbonyl (C=O) groups is 1. The van der Waals surface area contributed by atoms with Crippen molar-refractivity contribution in [1.82, 2.24) is 15.1 Å². The molecular weight excluding hydrogens is 340 g/mol. The standard InChI is InChI=1S/C21H30N4O2/c1-15(2)25-19-17(23-20(26)27-21(3,4)5)11-12-24(18(19)13-22-25)14-16-9-7-6-8-10-16/h6-10,13,15,17H,11-12,14H2,1-5H3,(H,23,26). The molecule has 6 nitrogen and oxygen atoms in total. The fourth-order valence-corrected chi connectivity index (χ4v) is 3.46. The van der Waals surface area contributed by atoms with Gasteiger partial charge in [-0.2, -0.15) is 5.10 Å². The third-order valence-corrected chi connectivity index (χ3v) is 4.57. The Labute approximate surface area is 161 Å². The van der Waals surface area contributed by atoms with Crippen molar-refractivity contribution in [3.8, 4) is 0 Å². The molecule has 1 aromatic carbocycles. The zero-order valence-electron chi connectivity index (χ0n) is 16.9. The van der Waals surface area contributed by atoms with Gasteiger partial charge in [-0.3, -0.25) is 4.68 Å². The second-order valence-corrected chi connectivity index (χ2v) is 8.35. The molecule has 6 heteroatoms. The lowest BCUT2D eigenvalue weighted by Gasteiger charge is -2.35. The van der Waals surface area contributed by atoms with Gasteiger partial charge in [0.15, 0.2) is 0 Å². The number of hydrogen-bond donors (Lipinski definition) is 1. The molecule has 27 heavy (non-hydrogen) atoms. The minimum atomic E-state index is -0.515. The molecule has 0 bridgehead atoms. The number of fused-ring (bicyclic) bond motifs is 1. The van der Waals surface area contributed by atoms with E-state index in [0.29, 0.717) is 0 Å². The van der Waals surface area contributed by atoms with E-state index >= 15 is 0 Å². The quantitative estimate of drug-likeness (QED) is 0.864. The fraction of sp³-hybridized carbons (Fsp3) is 0.524. The van der Waals surface area contributed by atoms with Gasteiger partial charge in [0.05, 0.1) is 23.6 Å². The first-order chi connectivity index (χ1) is 12.7. The molecule has 3 rings (SSSR count). The van der Waals surface area contributed by atoms with Crippen molar-refractivity contribution in [3.05, 3.63) is 47.8 Å². The number of alkyl carbamates (subject to hydrolysis) is 1. The molecule has 1 amide bonds. The third kappa shape index (κ3) is 4.62. The lowest BCUT2D eigenvalue weighted by atomic mass is 10.0. The normalized spacial score (nSPS) is 17.0. The van der Waals surface area contributed by atoms with Gasteiger partial charge in [-0.15, -0.1) is 0 Å². The van der Waals surface area contributed by atoms with Crippen molar-refractivity contribution < 1.29 is 9.53 Å². The molecule has 1 aromatic heterocycles. The minimum Gasteiger partial charge on any atom is -0.444 e. The molecule has 0 saturated heterocycles. The van der Waals surface area contributed by atoms with Crippen LogP contribution in [0.25, 0.3) is 0 Å². The molecule has 1 aliphatic rings. The summed E-state index contributed by atoms with van der Waals surface area (Å²) in [5, 5.41) is 7.65. The van der Waals surface area contributed by atoms with Crippen molar-refractivity contribution >= 4 is 11.8 Å².